The van der Waals surface area contributed by atoms with Crippen LogP contribution in [0.15, 0.2) is 23.1 Å². The molecule has 0 aliphatic carbocycles. The lowest BCUT2D eigenvalue weighted by atomic mass is 10.2. The minimum absolute atomic E-state index is 0.00733. The average molecular weight is 312 g/mol. The normalized spacial score (nSPS) is 16.8. The molecule has 0 bridgehead atoms. The molecule has 1 atom stereocenters. The summed E-state index contributed by atoms with van der Waals surface area (Å²) in [4.78, 5) is 13.9. The first-order valence-electron chi connectivity index (χ1n) is 6.76. The molecule has 2 rings (SSSR count). The molecule has 8 heteroatoms. The van der Waals surface area contributed by atoms with Gasteiger partial charge >= 0.3 is 0 Å². The molecule has 0 spiro atoms. The maximum Gasteiger partial charge on any atom is 0.244 e. The summed E-state index contributed by atoms with van der Waals surface area (Å²) in [6.07, 6.45) is 2.04. The number of benzene rings is 1. The number of anilines is 2. The highest BCUT2D eigenvalue weighted by Gasteiger charge is 2.23. The number of carbonyl (C=O) groups is 1. The van der Waals surface area contributed by atoms with Gasteiger partial charge in [0.15, 0.2) is 0 Å². The molecule has 0 saturated carbocycles. The molecule has 116 valence electrons. The minimum atomic E-state index is -3.83. The van der Waals surface area contributed by atoms with Gasteiger partial charge in [-0.2, -0.15) is 0 Å². The summed E-state index contributed by atoms with van der Waals surface area (Å²) >= 11 is 0. The van der Waals surface area contributed by atoms with Crippen molar-refractivity contribution >= 4 is 27.3 Å². The fourth-order valence-electron chi connectivity index (χ4n) is 2.39. The predicted octanol–water partition coefficient (Wildman–Crippen LogP) is 0.339. The number of primary sulfonamides is 1. The highest BCUT2D eigenvalue weighted by atomic mass is 32.2. The van der Waals surface area contributed by atoms with Crippen molar-refractivity contribution in [1.29, 1.82) is 0 Å². The topological polar surface area (TPSA) is 119 Å². The van der Waals surface area contributed by atoms with E-state index in [1.54, 1.807) is 17.9 Å². The van der Waals surface area contributed by atoms with Crippen LogP contribution in [0.1, 0.15) is 19.8 Å². The van der Waals surface area contributed by atoms with E-state index in [2.05, 4.69) is 5.32 Å². The lowest BCUT2D eigenvalue weighted by Crippen LogP contribution is -2.39. The molecular weight excluding hydrogens is 292 g/mol. The second-order valence-corrected chi connectivity index (χ2v) is 6.80. The van der Waals surface area contributed by atoms with E-state index in [-0.39, 0.29) is 16.5 Å². The van der Waals surface area contributed by atoms with Gasteiger partial charge in [0.2, 0.25) is 15.9 Å². The third kappa shape index (κ3) is 3.85. The average Bonchev–Trinajstić information content (AvgIpc) is 2.89. The van der Waals surface area contributed by atoms with Crippen LogP contribution < -0.4 is 16.2 Å². The molecule has 1 saturated heterocycles. The molecule has 1 aromatic carbocycles. The molecular formula is C13H20N4O3S. The Morgan fingerprint density at radius 1 is 1.29 bits per heavy atom. The maximum atomic E-state index is 12.2. The largest absolute Gasteiger partial charge is 0.399 e. The number of hydrogen-bond donors (Lipinski definition) is 3. The molecule has 1 unspecified atom stereocenters. The van der Waals surface area contributed by atoms with Crippen molar-refractivity contribution in [2.75, 3.05) is 24.1 Å². The van der Waals surface area contributed by atoms with Crippen LogP contribution in [-0.2, 0) is 14.8 Å². The first-order chi connectivity index (χ1) is 9.77. The highest BCUT2D eigenvalue weighted by molar-refractivity contribution is 7.89. The molecule has 0 radical (unpaired) electrons. The van der Waals surface area contributed by atoms with Crippen molar-refractivity contribution in [2.45, 2.75) is 30.7 Å². The number of nitrogens with one attached hydrogen (secondary N) is 1. The Kier molecular flexibility index (Phi) is 4.38. The van der Waals surface area contributed by atoms with E-state index in [9.17, 15) is 13.2 Å². The molecule has 0 aromatic heterocycles. The van der Waals surface area contributed by atoms with E-state index < -0.39 is 16.1 Å². The van der Waals surface area contributed by atoms with Crippen LogP contribution in [0.4, 0.5) is 11.4 Å². The molecule has 7 nitrogen and oxygen atoms in total. The Morgan fingerprint density at radius 3 is 2.48 bits per heavy atom. The standard InChI is InChI=1S/C13H20N4O3S/c1-9(13(18)17-4-2-3-5-17)16-11-6-10(14)7-12(8-11)21(15,19)20/h6-9,16H,2-5,14H2,1H3,(H2,15,19,20). The quantitative estimate of drug-likeness (QED) is 0.693. The zero-order valence-corrected chi connectivity index (χ0v) is 12.7. The second kappa shape index (κ2) is 5.90. The van der Waals surface area contributed by atoms with Gasteiger partial charge in [0.25, 0.3) is 0 Å². The molecule has 1 aliphatic rings. The van der Waals surface area contributed by atoms with Gasteiger partial charge in [-0.3, -0.25) is 4.79 Å². The fourth-order valence-corrected chi connectivity index (χ4v) is 2.98. The summed E-state index contributed by atoms with van der Waals surface area (Å²) in [7, 11) is -3.83. The number of amides is 1. The predicted molar refractivity (Wildman–Crippen MR) is 81.1 cm³/mol. The number of rotatable bonds is 4. The number of likely N-dealkylation sites (tertiary alicyclic amines) is 1. The summed E-state index contributed by atoms with van der Waals surface area (Å²) < 4.78 is 22.8. The number of nitrogens with zero attached hydrogens (tertiary/aromatic N) is 1. The van der Waals surface area contributed by atoms with Crippen molar-refractivity contribution in [3.05, 3.63) is 18.2 Å². The Balaban J connectivity index is 2.15. The van der Waals surface area contributed by atoms with Crippen molar-refractivity contribution in [1.82, 2.24) is 4.90 Å². The van der Waals surface area contributed by atoms with Gasteiger partial charge in [0.05, 0.1) is 4.90 Å². The van der Waals surface area contributed by atoms with Gasteiger partial charge in [-0.1, -0.05) is 0 Å². The summed E-state index contributed by atoms with van der Waals surface area (Å²) in [6, 6.07) is 3.77. The third-order valence-electron chi connectivity index (χ3n) is 3.43. The van der Waals surface area contributed by atoms with E-state index in [0.717, 1.165) is 25.9 Å². The fraction of sp³-hybridized carbons (Fsp3) is 0.462. The van der Waals surface area contributed by atoms with Crippen molar-refractivity contribution in [3.8, 4) is 0 Å². The van der Waals surface area contributed by atoms with Gasteiger partial charge < -0.3 is 16.0 Å². The van der Waals surface area contributed by atoms with Gasteiger partial charge in [-0.15, -0.1) is 0 Å². The third-order valence-corrected chi connectivity index (χ3v) is 4.32. The number of carbonyl (C=O) groups excluding carboxylic acids is 1. The first-order valence-corrected chi connectivity index (χ1v) is 8.31. The van der Waals surface area contributed by atoms with Crippen molar-refractivity contribution in [3.63, 3.8) is 0 Å². The van der Waals surface area contributed by atoms with Gasteiger partial charge in [-0.05, 0) is 38.0 Å². The van der Waals surface area contributed by atoms with Gasteiger partial charge in [0, 0.05) is 24.5 Å². The van der Waals surface area contributed by atoms with Crippen LogP contribution in [0.5, 0.6) is 0 Å². The molecule has 1 fully saturated rings. The Labute approximate surface area is 124 Å². The lowest BCUT2D eigenvalue weighted by molar-refractivity contribution is -0.130. The summed E-state index contributed by atoms with van der Waals surface area (Å²) in [5.41, 5.74) is 6.40. The molecule has 1 amide bonds. The lowest BCUT2D eigenvalue weighted by Gasteiger charge is -2.22. The number of nitrogens with two attached hydrogens (primary N) is 2. The molecule has 1 heterocycles. The van der Waals surface area contributed by atoms with E-state index in [1.807, 2.05) is 0 Å². The molecule has 21 heavy (non-hydrogen) atoms. The highest BCUT2D eigenvalue weighted by Crippen LogP contribution is 2.21. The van der Waals surface area contributed by atoms with Gasteiger partial charge in [-0.25, -0.2) is 13.6 Å². The van der Waals surface area contributed by atoms with Gasteiger partial charge in [0.1, 0.15) is 6.04 Å². The number of nitrogen functional groups attached to an aromatic ring is 1. The maximum absolute atomic E-state index is 12.2. The van der Waals surface area contributed by atoms with Crippen LogP contribution in [0.25, 0.3) is 0 Å². The van der Waals surface area contributed by atoms with E-state index in [0.29, 0.717) is 5.69 Å². The summed E-state index contributed by atoms with van der Waals surface area (Å²) in [6.45, 7) is 3.27. The summed E-state index contributed by atoms with van der Waals surface area (Å²) in [5.74, 6) is -0.00733. The van der Waals surface area contributed by atoms with Crippen LogP contribution in [0.2, 0.25) is 0 Å². The summed E-state index contributed by atoms with van der Waals surface area (Å²) in [5, 5.41) is 8.08. The number of sulfonamides is 1. The van der Waals surface area contributed by atoms with E-state index in [4.69, 9.17) is 10.9 Å². The molecule has 5 N–H and O–H groups in total. The molecule has 1 aliphatic heterocycles. The van der Waals surface area contributed by atoms with Crippen molar-refractivity contribution < 1.29 is 13.2 Å². The number of hydrogen-bond acceptors (Lipinski definition) is 5. The van der Waals surface area contributed by atoms with Crippen LogP contribution in [0.3, 0.4) is 0 Å². The smallest absolute Gasteiger partial charge is 0.244 e. The monoisotopic (exact) mass is 312 g/mol. The van der Waals surface area contributed by atoms with E-state index >= 15 is 0 Å². The second-order valence-electron chi connectivity index (χ2n) is 5.23. The van der Waals surface area contributed by atoms with Crippen LogP contribution >= 0.6 is 0 Å². The SMILES string of the molecule is CC(Nc1cc(N)cc(S(N)(=O)=O)c1)C(=O)N1CCCC1. The first kappa shape index (κ1) is 15.6. The minimum Gasteiger partial charge on any atom is -0.399 e. The Hall–Kier alpha value is -1.80. The van der Waals surface area contributed by atoms with Crippen LogP contribution in [0, 0.1) is 0 Å². The molecule has 1 aromatic rings. The zero-order valence-electron chi connectivity index (χ0n) is 11.9. The van der Waals surface area contributed by atoms with Crippen LogP contribution in [-0.4, -0.2) is 38.4 Å². The van der Waals surface area contributed by atoms with E-state index in [1.165, 1.54) is 12.1 Å². The zero-order chi connectivity index (χ0) is 15.6. The Morgan fingerprint density at radius 2 is 1.90 bits per heavy atom. The Bertz CT molecular complexity index is 639. The van der Waals surface area contributed by atoms with Crippen molar-refractivity contribution in [2.24, 2.45) is 5.14 Å².